The van der Waals surface area contributed by atoms with Crippen molar-refractivity contribution >= 4 is 11.6 Å². The highest BCUT2D eigenvalue weighted by Gasteiger charge is 2.37. The van der Waals surface area contributed by atoms with E-state index in [9.17, 15) is 9.90 Å². The zero-order chi connectivity index (χ0) is 28.4. The number of rotatable bonds is 9. The van der Waals surface area contributed by atoms with Gasteiger partial charge in [0.25, 0.3) is 0 Å². The fraction of sp³-hybridized carbons (Fsp3) is 0.576. The Bertz CT molecular complexity index is 1100. The second-order valence-corrected chi connectivity index (χ2v) is 13.2. The zero-order valence-electron chi connectivity index (χ0n) is 24.9. The molecule has 2 aromatic rings. The molecule has 1 aliphatic heterocycles. The molecular weight excluding hydrogens is 472 g/mol. The molecule has 1 aliphatic rings. The third-order valence-electron chi connectivity index (χ3n) is 7.45. The van der Waals surface area contributed by atoms with Crippen molar-refractivity contribution in [1.29, 1.82) is 5.41 Å². The summed E-state index contributed by atoms with van der Waals surface area (Å²) < 4.78 is 5.77. The highest BCUT2D eigenvalue weighted by Crippen LogP contribution is 2.40. The average Bonchev–Trinajstić information content (AvgIpc) is 3.07. The molecule has 2 aromatic carbocycles. The largest absolute Gasteiger partial charge is 0.507 e. The SMILES string of the molecule is CCC[C@@H]1C[C@H](Cc2ccc(OC(C)C)cc2)C(=N)N1CC(=O)c1cc(C(C)(C)C)c(O)c(C(C)(C)C)c1. The van der Waals surface area contributed by atoms with Gasteiger partial charge in [-0.15, -0.1) is 0 Å². The van der Waals surface area contributed by atoms with Gasteiger partial charge in [0.05, 0.1) is 18.5 Å². The van der Waals surface area contributed by atoms with Gasteiger partial charge in [-0.05, 0) is 73.8 Å². The molecule has 5 heteroatoms. The molecule has 0 radical (unpaired) electrons. The molecule has 1 heterocycles. The highest BCUT2D eigenvalue weighted by atomic mass is 16.5. The van der Waals surface area contributed by atoms with Crippen LogP contribution in [0.2, 0.25) is 0 Å². The zero-order valence-corrected chi connectivity index (χ0v) is 24.9. The van der Waals surface area contributed by atoms with E-state index >= 15 is 0 Å². The molecule has 5 nitrogen and oxygen atoms in total. The minimum absolute atomic E-state index is 0.00249. The number of carbonyl (C=O) groups is 1. The highest BCUT2D eigenvalue weighted by molar-refractivity contribution is 6.01. The molecular formula is C33H48N2O3. The van der Waals surface area contributed by atoms with Crippen LogP contribution in [-0.4, -0.2) is 40.3 Å². The summed E-state index contributed by atoms with van der Waals surface area (Å²) in [6.45, 7) is 18.7. The average molecular weight is 521 g/mol. The molecule has 0 aromatic heterocycles. The summed E-state index contributed by atoms with van der Waals surface area (Å²) >= 11 is 0. The second kappa shape index (κ2) is 11.5. The molecule has 1 fully saturated rings. The van der Waals surface area contributed by atoms with Crippen LogP contribution in [0.1, 0.15) is 109 Å². The molecule has 1 saturated heterocycles. The number of amidine groups is 1. The Hall–Kier alpha value is -2.82. The van der Waals surface area contributed by atoms with Crippen molar-refractivity contribution in [2.45, 2.75) is 111 Å². The number of nitrogens with one attached hydrogen (secondary N) is 1. The fourth-order valence-corrected chi connectivity index (χ4v) is 5.45. The van der Waals surface area contributed by atoms with E-state index in [0.29, 0.717) is 11.4 Å². The van der Waals surface area contributed by atoms with Crippen LogP contribution in [0.4, 0.5) is 0 Å². The first kappa shape index (κ1) is 29.7. The van der Waals surface area contributed by atoms with E-state index in [4.69, 9.17) is 10.1 Å². The Balaban J connectivity index is 1.84. The number of ketones is 1. The number of phenolic OH excluding ortho intramolecular Hbond substituents is 1. The summed E-state index contributed by atoms with van der Waals surface area (Å²) in [6.07, 6.45) is 3.78. The number of ether oxygens (including phenoxy) is 1. The van der Waals surface area contributed by atoms with Crippen molar-refractivity contribution in [3.8, 4) is 11.5 Å². The Labute approximate surface area is 230 Å². The van der Waals surface area contributed by atoms with Gasteiger partial charge in [-0.25, -0.2) is 0 Å². The number of benzene rings is 2. The fourth-order valence-electron chi connectivity index (χ4n) is 5.45. The summed E-state index contributed by atoms with van der Waals surface area (Å²) in [7, 11) is 0. The van der Waals surface area contributed by atoms with E-state index in [0.717, 1.165) is 42.6 Å². The molecule has 38 heavy (non-hydrogen) atoms. The first-order valence-electron chi connectivity index (χ1n) is 14.1. The summed E-state index contributed by atoms with van der Waals surface area (Å²) in [6, 6.07) is 12.1. The van der Waals surface area contributed by atoms with Gasteiger partial charge in [0, 0.05) is 28.7 Å². The Kier molecular flexibility index (Phi) is 9.00. The van der Waals surface area contributed by atoms with Crippen molar-refractivity contribution in [2.75, 3.05) is 6.54 Å². The summed E-state index contributed by atoms with van der Waals surface area (Å²) in [5.41, 5.74) is 2.78. The number of aromatic hydroxyl groups is 1. The van der Waals surface area contributed by atoms with Crippen molar-refractivity contribution in [2.24, 2.45) is 5.92 Å². The van der Waals surface area contributed by atoms with Gasteiger partial charge in [0.2, 0.25) is 0 Å². The molecule has 0 aliphatic carbocycles. The molecule has 0 unspecified atom stereocenters. The smallest absolute Gasteiger partial charge is 0.182 e. The van der Waals surface area contributed by atoms with Crippen molar-refractivity contribution < 1.29 is 14.6 Å². The number of likely N-dealkylation sites (tertiary alicyclic amines) is 1. The number of carbonyl (C=O) groups excluding carboxylic acids is 1. The van der Waals surface area contributed by atoms with Gasteiger partial charge in [-0.2, -0.15) is 0 Å². The lowest BCUT2D eigenvalue weighted by Gasteiger charge is -2.29. The van der Waals surface area contributed by atoms with E-state index in [2.05, 4.69) is 60.6 Å². The van der Waals surface area contributed by atoms with Crippen LogP contribution in [0.5, 0.6) is 11.5 Å². The van der Waals surface area contributed by atoms with Crippen LogP contribution in [0, 0.1) is 11.3 Å². The third kappa shape index (κ3) is 6.98. The Morgan fingerprint density at radius 2 is 1.61 bits per heavy atom. The van der Waals surface area contributed by atoms with Gasteiger partial charge in [-0.3, -0.25) is 10.2 Å². The molecule has 3 rings (SSSR count). The van der Waals surface area contributed by atoms with E-state index < -0.39 is 0 Å². The predicted molar refractivity (Wildman–Crippen MR) is 157 cm³/mol. The van der Waals surface area contributed by atoms with Gasteiger partial charge in [0.15, 0.2) is 5.78 Å². The van der Waals surface area contributed by atoms with Crippen LogP contribution >= 0.6 is 0 Å². The first-order chi connectivity index (χ1) is 17.6. The van der Waals surface area contributed by atoms with Crippen LogP contribution < -0.4 is 4.74 Å². The third-order valence-corrected chi connectivity index (χ3v) is 7.45. The van der Waals surface area contributed by atoms with Gasteiger partial charge < -0.3 is 14.7 Å². The first-order valence-corrected chi connectivity index (χ1v) is 14.1. The Morgan fingerprint density at radius 3 is 2.08 bits per heavy atom. The predicted octanol–water partition coefficient (Wildman–Crippen LogP) is 7.67. The minimum atomic E-state index is -0.299. The normalized spacial score (nSPS) is 18.4. The van der Waals surface area contributed by atoms with Crippen LogP contribution in [0.25, 0.3) is 0 Å². The quantitative estimate of drug-likeness (QED) is 0.333. The monoisotopic (exact) mass is 520 g/mol. The molecule has 2 N–H and O–H groups in total. The number of nitrogens with zero attached hydrogens (tertiary/aromatic N) is 1. The van der Waals surface area contributed by atoms with Crippen molar-refractivity contribution in [1.82, 2.24) is 4.90 Å². The van der Waals surface area contributed by atoms with Crippen molar-refractivity contribution in [3.05, 3.63) is 58.7 Å². The summed E-state index contributed by atoms with van der Waals surface area (Å²) in [5, 5.41) is 20.1. The second-order valence-electron chi connectivity index (χ2n) is 13.2. The number of phenols is 1. The van der Waals surface area contributed by atoms with Gasteiger partial charge in [0.1, 0.15) is 11.5 Å². The topological polar surface area (TPSA) is 73.6 Å². The molecule has 0 spiro atoms. The van der Waals surface area contributed by atoms with E-state index in [-0.39, 0.29) is 47.0 Å². The van der Waals surface area contributed by atoms with E-state index in [1.165, 1.54) is 5.56 Å². The minimum Gasteiger partial charge on any atom is -0.507 e. The molecule has 0 saturated carbocycles. The maximum Gasteiger partial charge on any atom is 0.182 e. The summed E-state index contributed by atoms with van der Waals surface area (Å²) in [5.74, 6) is 1.79. The molecule has 0 bridgehead atoms. The van der Waals surface area contributed by atoms with E-state index in [1.54, 1.807) is 0 Å². The van der Waals surface area contributed by atoms with Crippen LogP contribution in [-0.2, 0) is 17.3 Å². The number of hydrogen-bond acceptors (Lipinski definition) is 4. The van der Waals surface area contributed by atoms with Crippen molar-refractivity contribution in [3.63, 3.8) is 0 Å². The number of hydrogen-bond donors (Lipinski definition) is 2. The number of Topliss-reactive ketones (excluding diaryl/α,β-unsaturated/α-hetero) is 1. The Morgan fingerprint density at radius 1 is 1.05 bits per heavy atom. The summed E-state index contributed by atoms with van der Waals surface area (Å²) in [4.78, 5) is 15.8. The van der Waals surface area contributed by atoms with Crippen LogP contribution in [0.3, 0.4) is 0 Å². The molecule has 0 amide bonds. The maximum absolute atomic E-state index is 13.7. The molecule has 208 valence electrons. The van der Waals surface area contributed by atoms with Crippen LogP contribution in [0.15, 0.2) is 36.4 Å². The lowest BCUT2D eigenvalue weighted by molar-refractivity contribution is 0.0950. The maximum atomic E-state index is 13.7. The van der Waals surface area contributed by atoms with Gasteiger partial charge >= 0.3 is 0 Å². The lowest BCUT2D eigenvalue weighted by Crippen LogP contribution is -2.38. The molecule has 2 atom stereocenters. The van der Waals surface area contributed by atoms with Gasteiger partial charge in [-0.1, -0.05) is 67.0 Å². The standard InChI is InChI=1S/C33H48N2O3/c1-10-11-25-17-24(16-22-12-14-26(15-13-22)38-21(2)3)31(34)35(25)20-29(36)23-18-27(32(4,5)6)30(37)28(19-23)33(7,8)9/h12-15,18-19,21,24-25,34,37H,10-11,16-17,20H2,1-9H3/t24-,25+/m0/s1. The lowest BCUT2D eigenvalue weighted by atomic mass is 9.78. The van der Waals surface area contributed by atoms with E-state index in [1.807, 2.05) is 43.0 Å².